The molecule has 33 heavy (non-hydrogen) atoms. The van der Waals surface area contributed by atoms with Crippen LogP contribution in [-0.4, -0.2) is 34.2 Å². The summed E-state index contributed by atoms with van der Waals surface area (Å²) >= 11 is 0. The summed E-state index contributed by atoms with van der Waals surface area (Å²) in [5.74, 6) is -3.36. The van der Waals surface area contributed by atoms with Crippen molar-refractivity contribution in [3.05, 3.63) is 41.5 Å². The van der Waals surface area contributed by atoms with Gasteiger partial charge in [0, 0.05) is 5.56 Å². The summed E-state index contributed by atoms with van der Waals surface area (Å²) in [6, 6.07) is 5.31. The van der Waals surface area contributed by atoms with E-state index in [9.17, 15) is 36.2 Å². The van der Waals surface area contributed by atoms with E-state index >= 15 is 0 Å². The van der Waals surface area contributed by atoms with Gasteiger partial charge in [-0.2, -0.15) is 26.3 Å². The van der Waals surface area contributed by atoms with Crippen molar-refractivity contribution in [3.8, 4) is 16.9 Å². The molecule has 0 unspecified atom stereocenters. The van der Waals surface area contributed by atoms with E-state index < -0.39 is 47.7 Å². The van der Waals surface area contributed by atoms with E-state index in [1.807, 2.05) is 0 Å². The Balaban J connectivity index is 1.92. The molecule has 0 amide bonds. The highest BCUT2D eigenvalue weighted by Gasteiger charge is 2.39. The van der Waals surface area contributed by atoms with Crippen molar-refractivity contribution < 1.29 is 45.6 Å². The lowest BCUT2D eigenvalue weighted by Crippen LogP contribution is -2.21. The van der Waals surface area contributed by atoms with Crippen molar-refractivity contribution in [1.82, 2.24) is 10.3 Å². The van der Waals surface area contributed by atoms with Gasteiger partial charge in [0.1, 0.15) is 16.8 Å². The topological polar surface area (TPSA) is 85.5 Å². The number of carbonyl (C=O) groups is 1. The number of carboxylic acid groups (broad SMARTS) is 1. The summed E-state index contributed by atoms with van der Waals surface area (Å²) in [7, 11) is 0. The van der Waals surface area contributed by atoms with Crippen LogP contribution in [0.1, 0.15) is 36.3 Å². The van der Waals surface area contributed by atoms with Gasteiger partial charge in [-0.05, 0) is 58.0 Å². The molecule has 1 aliphatic carbocycles. The van der Waals surface area contributed by atoms with E-state index in [-0.39, 0.29) is 34.5 Å². The van der Waals surface area contributed by atoms with Crippen LogP contribution in [0.5, 0.6) is 5.75 Å². The monoisotopic (exact) mass is 474 g/mol. The molecule has 4 rings (SSSR count). The van der Waals surface area contributed by atoms with Gasteiger partial charge in [-0.15, -0.1) is 0 Å². The molecule has 1 saturated carbocycles. The molecule has 3 aromatic rings. The second-order valence-corrected chi connectivity index (χ2v) is 7.88. The lowest BCUT2D eigenvalue weighted by Gasteiger charge is -2.22. The van der Waals surface area contributed by atoms with E-state index in [2.05, 4.69) is 14.9 Å². The number of benzene rings is 2. The van der Waals surface area contributed by atoms with E-state index in [1.54, 1.807) is 0 Å². The molecule has 2 aromatic carbocycles. The second kappa shape index (κ2) is 8.23. The molecule has 1 atom stereocenters. The molecule has 1 aromatic heterocycles. The highest BCUT2D eigenvalue weighted by Crippen LogP contribution is 2.47. The first-order chi connectivity index (χ1) is 15.4. The number of rotatable bonds is 7. The fraction of sp³-hybridized carbons (Fsp3) is 0.381. The third kappa shape index (κ3) is 5.20. The van der Waals surface area contributed by atoms with Crippen molar-refractivity contribution in [1.29, 1.82) is 0 Å². The number of fused-ring (bicyclic) bond motifs is 1. The molecule has 0 bridgehead atoms. The van der Waals surface area contributed by atoms with Gasteiger partial charge in [0.05, 0.1) is 11.5 Å². The average Bonchev–Trinajstić information content (AvgIpc) is 3.42. The number of hydrogen-bond donors (Lipinski definition) is 1. The SMILES string of the molecule is O=C(O)[C@@H](CC1CC1)c1cc(OCC(F)(F)F)c(-c2ccc3nonc3c2)c(C(F)(F)F)c1. The maximum Gasteiger partial charge on any atom is 0.422 e. The number of alkyl halides is 6. The van der Waals surface area contributed by atoms with Crippen molar-refractivity contribution in [3.63, 3.8) is 0 Å². The van der Waals surface area contributed by atoms with Crippen LogP contribution in [0, 0.1) is 5.92 Å². The van der Waals surface area contributed by atoms with Crippen LogP contribution in [0.15, 0.2) is 35.0 Å². The van der Waals surface area contributed by atoms with Crippen LogP contribution in [0.2, 0.25) is 0 Å². The minimum atomic E-state index is -5.01. The van der Waals surface area contributed by atoms with Crippen LogP contribution >= 0.6 is 0 Å². The second-order valence-electron chi connectivity index (χ2n) is 7.88. The lowest BCUT2D eigenvalue weighted by atomic mass is 9.88. The highest BCUT2D eigenvalue weighted by atomic mass is 19.4. The van der Waals surface area contributed by atoms with E-state index in [4.69, 9.17) is 4.74 Å². The molecule has 0 spiro atoms. The zero-order valence-corrected chi connectivity index (χ0v) is 16.7. The third-order valence-electron chi connectivity index (χ3n) is 5.33. The fourth-order valence-corrected chi connectivity index (χ4v) is 3.64. The molecule has 176 valence electrons. The van der Waals surface area contributed by atoms with Crippen LogP contribution < -0.4 is 4.74 Å². The standard InChI is InChI=1S/C21H16F6N2O4/c22-20(23,24)9-32-17-8-12(13(19(30)31)5-10-1-2-10)6-14(21(25,26)27)18(17)11-3-4-15-16(7-11)29-33-28-15/h3-4,6-8,10,13H,1-2,5,9H2,(H,30,31)/t13-/m0/s1. The predicted octanol–water partition coefficient (Wildman–Crippen LogP) is 5.82. The molecule has 1 aliphatic rings. The number of aromatic nitrogens is 2. The van der Waals surface area contributed by atoms with Gasteiger partial charge in [0.15, 0.2) is 6.61 Å². The van der Waals surface area contributed by atoms with Crippen molar-refractivity contribution in [2.24, 2.45) is 5.92 Å². The quantitative estimate of drug-likeness (QED) is 0.435. The van der Waals surface area contributed by atoms with Gasteiger partial charge in [0.2, 0.25) is 0 Å². The van der Waals surface area contributed by atoms with E-state index in [1.165, 1.54) is 18.2 Å². The average molecular weight is 474 g/mol. The molecule has 0 radical (unpaired) electrons. The summed E-state index contributed by atoms with van der Waals surface area (Å²) < 4.78 is 90.2. The van der Waals surface area contributed by atoms with Gasteiger partial charge in [-0.1, -0.05) is 18.9 Å². The number of halogens is 6. The molecule has 0 saturated heterocycles. The fourth-order valence-electron chi connectivity index (χ4n) is 3.64. The highest BCUT2D eigenvalue weighted by molar-refractivity contribution is 5.85. The van der Waals surface area contributed by atoms with Crippen LogP contribution in [0.4, 0.5) is 26.3 Å². The maximum absolute atomic E-state index is 14.1. The van der Waals surface area contributed by atoms with Crippen LogP contribution in [0.25, 0.3) is 22.2 Å². The molecule has 1 heterocycles. The summed E-state index contributed by atoms with van der Waals surface area (Å²) in [4.78, 5) is 11.8. The predicted molar refractivity (Wildman–Crippen MR) is 102 cm³/mol. The zero-order chi connectivity index (χ0) is 24.0. The Morgan fingerprint density at radius 1 is 1.09 bits per heavy atom. The number of nitrogens with zero attached hydrogens (tertiary/aromatic N) is 2. The largest absolute Gasteiger partial charge is 0.483 e. The zero-order valence-electron chi connectivity index (χ0n) is 16.7. The maximum atomic E-state index is 14.1. The Morgan fingerprint density at radius 3 is 2.39 bits per heavy atom. The number of aliphatic carboxylic acids is 1. The van der Waals surface area contributed by atoms with Crippen LogP contribution in [-0.2, 0) is 11.0 Å². The normalized spacial score (nSPS) is 15.6. The van der Waals surface area contributed by atoms with Gasteiger partial charge < -0.3 is 9.84 Å². The summed E-state index contributed by atoms with van der Waals surface area (Å²) in [5.41, 5.74) is -2.05. The van der Waals surface area contributed by atoms with Gasteiger partial charge >= 0.3 is 18.3 Å². The molecular weight excluding hydrogens is 458 g/mol. The Hall–Kier alpha value is -3.31. The molecule has 1 fully saturated rings. The minimum absolute atomic E-state index is 0.0433. The van der Waals surface area contributed by atoms with E-state index in [0.29, 0.717) is 6.07 Å². The van der Waals surface area contributed by atoms with Gasteiger partial charge in [-0.3, -0.25) is 4.79 Å². The van der Waals surface area contributed by atoms with Crippen LogP contribution in [0.3, 0.4) is 0 Å². The van der Waals surface area contributed by atoms with E-state index in [0.717, 1.165) is 18.9 Å². The Kier molecular flexibility index (Phi) is 5.71. The molecular formula is C21H16F6N2O4. The number of ether oxygens (including phenoxy) is 1. The number of hydrogen-bond acceptors (Lipinski definition) is 5. The lowest BCUT2D eigenvalue weighted by molar-refractivity contribution is -0.153. The molecule has 12 heteroatoms. The first kappa shape index (κ1) is 22.9. The van der Waals surface area contributed by atoms with Gasteiger partial charge in [0.25, 0.3) is 0 Å². The Labute approximate surface area is 182 Å². The number of carboxylic acids is 1. The van der Waals surface area contributed by atoms with Crippen molar-refractivity contribution in [2.75, 3.05) is 6.61 Å². The summed E-state index contributed by atoms with van der Waals surface area (Å²) in [6.07, 6.45) is -8.26. The smallest absolute Gasteiger partial charge is 0.422 e. The van der Waals surface area contributed by atoms with Crippen molar-refractivity contribution >= 4 is 17.0 Å². The first-order valence-corrected chi connectivity index (χ1v) is 9.82. The summed E-state index contributed by atoms with van der Waals surface area (Å²) in [6.45, 7) is -1.85. The third-order valence-corrected chi connectivity index (χ3v) is 5.33. The first-order valence-electron chi connectivity index (χ1n) is 9.82. The van der Waals surface area contributed by atoms with Gasteiger partial charge in [-0.25, -0.2) is 4.63 Å². The summed E-state index contributed by atoms with van der Waals surface area (Å²) in [5, 5.41) is 16.7. The Bertz CT molecular complexity index is 1180. The molecule has 1 N–H and O–H groups in total. The minimum Gasteiger partial charge on any atom is -0.483 e. The Morgan fingerprint density at radius 2 is 1.79 bits per heavy atom. The molecule has 0 aliphatic heterocycles. The van der Waals surface area contributed by atoms with Crippen molar-refractivity contribution in [2.45, 2.75) is 37.5 Å². The molecule has 6 nitrogen and oxygen atoms in total.